The van der Waals surface area contributed by atoms with E-state index >= 15 is 0 Å². The van der Waals surface area contributed by atoms with E-state index in [1.54, 1.807) is 0 Å². The Morgan fingerprint density at radius 2 is 1.75 bits per heavy atom. The largest absolute Gasteiger partial charge is 0.492 e. The Balaban J connectivity index is 1.26. The molecule has 0 N–H and O–H groups in total. The van der Waals surface area contributed by atoms with Gasteiger partial charge in [-0.3, -0.25) is 9.80 Å². The van der Waals surface area contributed by atoms with E-state index < -0.39 is 0 Å². The molecule has 6 heteroatoms. The van der Waals surface area contributed by atoms with E-state index in [1.807, 2.05) is 12.1 Å². The summed E-state index contributed by atoms with van der Waals surface area (Å²) in [4.78, 5) is 4.66. The number of benzene rings is 2. The van der Waals surface area contributed by atoms with Crippen LogP contribution in [0.15, 0.2) is 42.5 Å². The van der Waals surface area contributed by atoms with Gasteiger partial charge in [0.05, 0.1) is 13.2 Å². The van der Waals surface area contributed by atoms with Gasteiger partial charge in [-0.15, -0.1) is 0 Å². The highest BCUT2D eigenvalue weighted by Crippen LogP contribution is 2.32. The lowest BCUT2D eigenvalue weighted by atomic mass is 10.1. The fourth-order valence-electron chi connectivity index (χ4n) is 3.57. The lowest BCUT2D eigenvalue weighted by Crippen LogP contribution is -2.38. The van der Waals surface area contributed by atoms with Crippen LogP contribution in [0.4, 0.5) is 0 Å². The Morgan fingerprint density at radius 1 is 0.964 bits per heavy atom. The van der Waals surface area contributed by atoms with Gasteiger partial charge in [-0.1, -0.05) is 18.2 Å². The summed E-state index contributed by atoms with van der Waals surface area (Å²) in [6.07, 6.45) is 0. The summed E-state index contributed by atoms with van der Waals surface area (Å²) in [6.45, 7) is 7.30. The van der Waals surface area contributed by atoms with Crippen molar-refractivity contribution in [2.24, 2.45) is 0 Å². The Labute approximate surface area is 166 Å². The van der Waals surface area contributed by atoms with Gasteiger partial charge >= 0.3 is 0 Å². The first kappa shape index (κ1) is 19.1. The average Bonchev–Trinajstić information content (AvgIpc) is 3.17. The number of hydrogen-bond acceptors (Lipinski definition) is 6. The summed E-state index contributed by atoms with van der Waals surface area (Å²) in [7, 11) is 2.12. The summed E-state index contributed by atoms with van der Waals surface area (Å²) < 4.78 is 22.2. The van der Waals surface area contributed by atoms with Gasteiger partial charge < -0.3 is 18.9 Å². The van der Waals surface area contributed by atoms with Crippen LogP contribution in [0, 0.1) is 0 Å². The number of fused-ring (bicyclic) bond motifs is 1. The summed E-state index contributed by atoms with van der Waals surface area (Å²) in [6, 6.07) is 14.5. The second-order valence-corrected chi connectivity index (χ2v) is 7.31. The summed E-state index contributed by atoms with van der Waals surface area (Å²) in [5, 5.41) is 0. The Hall–Kier alpha value is -2.28. The van der Waals surface area contributed by atoms with Gasteiger partial charge in [0, 0.05) is 32.7 Å². The molecule has 1 fully saturated rings. The molecule has 0 bridgehead atoms. The van der Waals surface area contributed by atoms with Crippen LogP contribution in [0.2, 0.25) is 0 Å². The second kappa shape index (κ2) is 9.28. The molecule has 2 aliphatic rings. The van der Waals surface area contributed by atoms with Crippen molar-refractivity contribution in [3.05, 3.63) is 53.6 Å². The van der Waals surface area contributed by atoms with Crippen LogP contribution in [-0.2, 0) is 17.8 Å². The van der Waals surface area contributed by atoms with Crippen LogP contribution in [0.25, 0.3) is 0 Å². The van der Waals surface area contributed by atoms with E-state index in [0.717, 1.165) is 63.2 Å². The normalized spacial score (nSPS) is 16.5. The molecule has 6 nitrogen and oxygen atoms in total. The van der Waals surface area contributed by atoms with E-state index in [2.05, 4.69) is 47.2 Å². The smallest absolute Gasteiger partial charge is 0.231 e. The standard InChI is InChI=1S/C22H28N2O4/c1-23(16-19-5-6-21-22(14-19)28-17-27-21)15-18-3-2-4-20(13-18)26-12-9-24-7-10-25-11-8-24/h2-6,13-14H,7-12,15-17H2,1H3. The highest BCUT2D eigenvalue weighted by Gasteiger charge is 2.14. The van der Waals surface area contributed by atoms with Crippen molar-refractivity contribution in [2.75, 3.05) is 53.3 Å². The summed E-state index contributed by atoms with van der Waals surface area (Å²) >= 11 is 0. The molecule has 150 valence electrons. The molecule has 28 heavy (non-hydrogen) atoms. The Kier molecular flexibility index (Phi) is 6.31. The van der Waals surface area contributed by atoms with Crippen LogP contribution in [0.1, 0.15) is 11.1 Å². The Bertz CT molecular complexity index is 777. The van der Waals surface area contributed by atoms with E-state index in [-0.39, 0.29) is 0 Å². The first-order valence-corrected chi connectivity index (χ1v) is 9.85. The van der Waals surface area contributed by atoms with Crippen molar-refractivity contribution in [3.8, 4) is 17.2 Å². The molecular formula is C22H28N2O4. The van der Waals surface area contributed by atoms with E-state index in [9.17, 15) is 0 Å². The molecule has 0 radical (unpaired) electrons. The topological polar surface area (TPSA) is 43.4 Å². The van der Waals surface area contributed by atoms with Crippen LogP contribution < -0.4 is 14.2 Å². The molecular weight excluding hydrogens is 356 g/mol. The third-order valence-electron chi connectivity index (χ3n) is 5.02. The highest BCUT2D eigenvalue weighted by atomic mass is 16.7. The fraction of sp³-hybridized carbons (Fsp3) is 0.455. The first-order chi connectivity index (χ1) is 13.8. The maximum atomic E-state index is 5.97. The van der Waals surface area contributed by atoms with Gasteiger partial charge in [0.15, 0.2) is 11.5 Å². The van der Waals surface area contributed by atoms with Gasteiger partial charge in [0.2, 0.25) is 6.79 Å². The maximum absolute atomic E-state index is 5.97. The molecule has 0 amide bonds. The molecule has 2 aromatic rings. The lowest BCUT2D eigenvalue weighted by Gasteiger charge is -2.26. The zero-order chi connectivity index (χ0) is 19.2. The molecule has 0 aliphatic carbocycles. The SMILES string of the molecule is CN(Cc1cccc(OCCN2CCOCC2)c1)Cc1ccc2c(c1)OCO2. The van der Waals surface area contributed by atoms with Gasteiger partial charge in [0.25, 0.3) is 0 Å². The third-order valence-corrected chi connectivity index (χ3v) is 5.02. The van der Waals surface area contributed by atoms with Crippen LogP contribution >= 0.6 is 0 Å². The van der Waals surface area contributed by atoms with E-state index in [1.165, 1.54) is 11.1 Å². The minimum absolute atomic E-state index is 0.312. The molecule has 2 aromatic carbocycles. The third kappa shape index (κ3) is 5.16. The Morgan fingerprint density at radius 3 is 2.61 bits per heavy atom. The summed E-state index contributed by atoms with van der Waals surface area (Å²) in [5.74, 6) is 2.59. The zero-order valence-corrected chi connectivity index (χ0v) is 16.4. The van der Waals surface area contributed by atoms with Crippen LogP contribution in [-0.4, -0.2) is 63.1 Å². The first-order valence-electron chi connectivity index (χ1n) is 9.85. The highest BCUT2D eigenvalue weighted by molar-refractivity contribution is 5.44. The van der Waals surface area contributed by atoms with Gasteiger partial charge in [0.1, 0.15) is 12.4 Å². The monoisotopic (exact) mass is 384 g/mol. The van der Waals surface area contributed by atoms with Gasteiger partial charge in [-0.05, 0) is 42.4 Å². The number of hydrogen-bond donors (Lipinski definition) is 0. The predicted molar refractivity (Wildman–Crippen MR) is 107 cm³/mol. The van der Waals surface area contributed by atoms with Crippen molar-refractivity contribution >= 4 is 0 Å². The van der Waals surface area contributed by atoms with Gasteiger partial charge in [-0.25, -0.2) is 0 Å². The molecule has 0 aromatic heterocycles. The molecule has 0 spiro atoms. The van der Waals surface area contributed by atoms with Crippen molar-refractivity contribution in [2.45, 2.75) is 13.1 Å². The van der Waals surface area contributed by atoms with Gasteiger partial charge in [-0.2, -0.15) is 0 Å². The van der Waals surface area contributed by atoms with Crippen LogP contribution in [0.5, 0.6) is 17.2 Å². The molecule has 1 saturated heterocycles. The lowest BCUT2D eigenvalue weighted by molar-refractivity contribution is 0.0322. The number of nitrogens with zero attached hydrogens (tertiary/aromatic N) is 2. The number of morpholine rings is 1. The van der Waals surface area contributed by atoms with E-state index in [0.29, 0.717) is 13.4 Å². The minimum Gasteiger partial charge on any atom is -0.492 e. The molecule has 4 rings (SSSR count). The average molecular weight is 384 g/mol. The van der Waals surface area contributed by atoms with E-state index in [4.69, 9.17) is 18.9 Å². The minimum atomic E-state index is 0.312. The molecule has 0 unspecified atom stereocenters. The summed E-state index contributed by atoms with van der Waals surface area (Å²) in [5.41, 5.74) is 2.46. The molecule has 0 saturated carbocycles. The molecule has 0 atom stereocenters. The predicted octanol–water partition coefficient (Wildman–Crippen LogP) is 2.76. The second-order valence-electron chi connectivity index (χ2n) is 7.31. The molecule has 2 aliphatic heterocycles. The van der Waals surface area contributed by atoms with Crippen molar-refractivity contribution in [3.63, 3.8) is 0 Å². The number of ether oxygens (including phenoxy) is 4. The fourth-order valence-corrected chi connectivity index (χ4v) is 3.57. The quantitative estimate of drug-likeness (QED) is 0.697. The van der Waals surface area contributed by atoms with Crippen molar-refractivity contribution < 1.29 is 18.9 Å². The number of rotatable bonds is 8. The van der Waals surface area contributed by atoms with Crippen molar-refractivity contribution in [1.29, 1.82) is 0 Å². The maximum Gasteiger partial charge on any atom is 0.231 e. The molecule has 2 heterocycles. The van der Waals surface area contributed by atoms with Crippen LogP contribution in [0.3, 0.4) is 0 Å². The van der Waals surface area contributed by atoms with Crippen molar-refractivity contribution in [1.82, 2.24) is 9.80 Å². The zero-order valence-electron chi connectivity index (χ0n) is 16.4.